The van der Waals surface area contributed by atoms with Crippen molar-refractivity contribution in [3.8, 4) is 5.75 Å². The van der Waals surface area contributed by atoms with Crippen molar-refractivity contribution in [3.05, 3.63) is 46.3 Å². The Morgan fingerprint density at radius 2 is 2.03 bits per heavy atom. The zero-order valence-electron chi connectivity index (χ0n) is 19.8. The molecule has 2 fully saturated rings. The van der Waals surface area contributed by atoms with Gasteiger partial charge in [0.15, 0.2) is 11.6 Å². The van der Waals surface area contributed by atoms with Crippen molar-refractivity contribution in [1.82, 2.24) is 4.90 Å². The lowest BCUT2D eigenvalue weighted by Gasteiger charge is -2.31. The van der Waals surface area contributed by atoms with Crippen LogP contribution in [-0.2, 0) is 19.1 Å². The number of aliphatic hydroxyl groups excluding tert-OH is 1. The number of hydrogen-bond donors (Lipinski definition) is 2. The van der Waals surface area contributed by atoms with Gasteiger partial charge >= 0.3 is 6.09 Å². The highest BCUT2D eigenvalue weighted by atomic mass is 19.1. The summed E-state index contributed by atoms with van der Waals surface area (Å²) in [6.07, 6.45) is 3.75. The largest absolute Gasteiger partial charge is 0.505 e. The van der Waals surface area contributed by atoms with E-state index in [0.29, 0.717) is 28.9 Å². The van der Waals surface area contributed by atoms with Crippen LogP contribution in [0.3, 0.4) is 0 Å². The first kappa shape index (κ1) is 25.1. The predicted molar refractivity (Wildman–Crippen MR) is 123 cm³/mol. The molecule has 9 heteroatoms. The summed E-state index contributed by atoms with van der Waals surface area (Å²) < 4.78 is 24.5. The molecule has 2 N–H and O–H groups in total. The molecule has 1 aliphatic carbocycles. The van der Waals surface area contributed by atoms with Gasteiger partial charge in [-0.15, -0.1) is 0 Å². The molecule has 3 amide bonds. The Balaban J connectivity index is 1.54. The predicted octanol–water partition coefficient (Wildman–Crippen LogP) is 3.57. The molecule has 0 radical (unpaired) electrons. The number of amides is 3. The minimum absolute atomic E-state index is 0.204. The summed E-state index contributed by atoms with van der Waals surface area (Å²) in [5.41, 5.74) is 3.29. The molecule has 0 unspecified atom stereocenters. The van der Waals surface area contributed by atoms with Gasteiger partial charge < -0.3 is 19.7 Å². The summed E-state index contributed by atoms with van der Waals surface area (Å²) in [5, 5.41) is 19.5. The number of hydrogen-bond acceptors (Lipinski definition) is 7. The van der Waals surface area contributed by atoms with Crippen LogP contribution in [0.5, 0.6) is 5.75 Å². The monoisotopic (exact) mass is 487 g/mol. The lowest BCUT2D eigenvalue weighted by atomic mass is 9.69. The van der Waals surface area contributed by atoms with E-state index in [2.05, 4.69) is 11.7 Å². The van der Waals surface area contributed by atoms with Gasteiger partial charge in [0, 0.05) is 5.92 Å². The van der Waals surface area contributed by atoms with E-state index in [9.17, 15) is 29.0 Å². The van der Waals surface area contributed by atoms with Crippen molar-refractivity contribution in [3.63, 3.8) is 0 Å². The zero-order chi connectivity index (χ0) is 25.3. The van der Waals surface area contributed by atoms with Gasteiger partial charge in [-0.2, -0.15) is 4.90 Å². The zero-order valence-corrected chi connectivity index (χ0v) is 19.8. The minimum atomic E-state index is -0.989. The molecule has 1 aromatic carbocycles. The number of aromatic hydroxyl groups is 1. The van der Waals surface area contributed by atoms with E-state index < -0.39 is 41.3 Å². The number of benzene rings is 1. The van der Waals surface area contributed by atoms with Crippen molar-refractivity contribution in [2.75, 3.05) is 20.3 Å². The number of phenols is 1. The van der Waals surface area contributed by atoms with Crippen LogP contribution in [-0.4, -0.2) is 59.4 Å². The standard InChI is InChI=1S/C26H30FNO7/c1-3-4-14(9-15-5-7-20(30)19(27)10-15)6-8-21-22-16(12-29)11-17-23(18(22)13-35-21)25(32)28(24(17)31)26(33)34-2/h5,7,9-10,17-18,21,23,29-30H,3-4,6,8,11-13H2,1-2H3/b14-9+/t17-,18+,21-,23-/m1/s1. The number of nitrogens with zero attached hydrogens (tertiary/aromatic N) is 1. The smallest absolute Gasteiger partial charge is 0.423 e. The number of imide groups is 3. The van der Waals surface area contributed by atoms with Gasteiger partial charge in [0.2, 0.25) is 11.8 Å². The maximum absolute atomic E-state index is 13.8. The molecule has 35 heavy (non-hydrogen) atoms. The second kappa shape index (κ2) is 10.3. The molecule has 1 aromatic rings. The average Bonchev–Trinajstić information content (AvgIpc) is 3.37. The van der Waals surface area contributed by atoms with Crippen molar-refractivity contribution in [1.29, 1.82) is 0 Å². The van der Waals surface area contributed by atoms with Gasteiger partial charge in [0.1, 0.15) is 0 Å². The van der Waals surface area contributed by atoms with E-state index in [4.69, 9.17) is 4.74 Å². The van der Waals surface area contributed by atoms with Gasteiger partial charge in [0.05, 0.1) is 38.3 Å². The van der Waals surface area contributed by atoms with Crippen molar-refractivity contribution >= 4 is 24.0 Å². The van der Waals surface area contributed by atoms with E-state index in [1.54, 1.807) is 6.07 Å². The van der Waals surface area contributed by atoms with Crippen molar-refractivity contribution in [2.45, 2.75) is 45.1 Å². The summed E-state index contributed by atoms with van der Waals surface area (Å²) in [5.74, 6) is -4.03. The van der Waals surface area contributed by atoms with Gasteiger partial charge in [-0.3, -0.25) is 9.59 Å². The molecule has 8 nitrogen and oxygen atoms in total. The lowest BCUT2D eigenvalue weighted by Crippen LogP contribution is -2.38. The summed E-state index contributed by atoms with van der Waals surface area (Å²) in [6.45, 7) is 2.03. The van der Waals surface area contributed by atoms with Crippen LogP contribution in [0.15, 0.2) is 34.9 Å². The van der Waals surface area contributed by atoms with E-state index in [0.717, 1.165) is 31.1 Å². The van der Waals surface area contributed by atoms with Gasteiger partial charge in [-0.1, -0.05) is 31.1 Å². The number of ether oxygens (including phenoxy) is 2. The molecule has 3 aliphatic rings. The molecule has 2 heterocycles. The molecule has 0 aromatic heterocycles. The van der Waals surface area contributed by atoms with Crippen LogP contribution >= 0.6 is 0 Å². The topological polar surface area (TPSA) is 113 Å². The number of carbonyl (C=O) groups excluding carboxylic acids is 3. The maximum Gasteiger partial charge on any atom is 0.423 e. The first-order valence-corrected chi connectivity index (χ1v) is 11.9. The number of fused-ring (bicyclic) bond motifs is 3. The van der Waals surface area contributed by atoms with Gasteiger partial charge in [-0.05, 0) is 54.5 Å². The average molecular weight is 488 g/mol. The molecule has 188 valence electrons. The summed E-state index contributed by atoms with van der Waals surface area (Å²) >= 11 is 0. The highest BCUT2D eigenvalue weighted by Crippen LogP contribution is 2.49. The second-order valence-corrected chi connectivity index (χ2v) is 9.27. The molecule has 0 bridgehead atoms. The SMILES string of the molecule is CCC/C(=C\c1ccc(O)c(F)c1)CC[C@H]1OC[C@H]2C1=C(CO)C[C@H]1C(=O)N(C(=O)OC)C(=O)[C@H]12. The minimum Gasteiger partial charge on any atom is -0.505 e. The Morgan fingerprint density at radius 3 is 2.69 bits per heavy atom. The number of aliphatic hydroxyl groups is 1. The number of phenolic OH excluding ortho intramolecular Hbond substituents is 1. The Hall–Kier alpha value is -3.04. The molecular weight excluding hydrogens is 457 g/mol. The summed E-state index contributed by atoms with van der Waals surface area (Å²) in [7, 11) is 1.12. The number of halogens is 1. The second-order valence-electron chi connectivity index (χ2n) is 9.27. The van der Waals surface area contributed by atoms with Crippen LogP contribution in [0.4, 0.5) is 9.18 Å². The van der Waals surface area contributed by atoms with Crippen LogP contribution in [0.25, 0.3) is 6.08 Å². The fourth-order valence-corrected chi connectivity index (χ4v) is 5.65. The third kappa shape index (κ3) is 4.62. The third-order valence-corrected chi connectivity index (χ3v) is 7.20. The molecule has 0 spiro atoms. The van der Waals surface area contributed by atoms with Crippen molar-refractivity contribution < 1.29 is 38.5 Å². The molecule has 2 saturated heterocycles. The normalized spacial score (nSPS) is 26.3. The number of allylic oxidation sites excluding steroid dienone is 1. The Kier molecular flexibility index (Phi) is 7.37. The Labute approximate surface area is 203 Å². The van der Waals surface area contributed by atoms with Gasteiger partial charge in [0.25, 0.3) is 0 Å². The lowest BCUT2D eigenvalue weighted by molar-refractivity contribution is -0.137. The molecule has 2 aliphatic heterocycles. The van der Waals surface area contributed by atoms with Crippen LogP contribution in [0.1, 0.15) is 44.6 Å². The maximum atomic E-state index is 13.8. The number of likely N-dealkylation sites (tertiary alicyclic amines) is 1. The third-order valence-electron chi connectivity index (χ3n) is 7.20. The first-order valence-electron chi connectivity index (χ1n) is 11.9. The van der Waals surface area contributed by atoms with Gasteiger partial charge in [-0.25, -0.2) is 9.18 Å². The van der Waals surface area contributed by atoms with Crippen molar-refractivity contribution in [2.24, 2.45) is 17.8 Å². The first-order chi connectivity index (χ1) is 16.8. The number of rotatable bonds is 7. The van der Waals surface area contributed by atoms with Crippen LogP contribution in [0, 0.1) is 23.6 Å². The fourth-order valence-electron chi connectivity index (χ4n) is 5.65. The fraction of sp³-hybridized carbons (Fsp3) is 0.500. The van der Waals surface area contributed by atoms with E-state index in [1.165, 1.54) is 12.1 Å². The van der Waals surface area contributed by atoms with E-state index in [-0.39, 0.29) is 31.7 Å². The van der Waals surface area contributed by atoms with E-state index in [1.807, 2.05) is 6.08 Å². The van der Waals surface area contributed by atoms with Crippen LogP contribution in [0.2, 0.25) is 0 Å². The Morgan fingerprint density at radius 1 is 1.26 bits per heavy atom. The molecule has 4 rings (SSSR count). The summed E-state index contributed by atoms with van der Waals surface area (Å²) in [4.78, 5) is 38.4. The molecule has 0 saturated carbocycles. The quantitative estimate of drug-likeness (QED) is 0.447. The summed E-state index contributed by atoms with van der Waals surface area (Å²) in [6, 6.07) is 4.26. The highest BCUT2D eigenvalue weighted by molar-refractivity contribution is 6.16. The Bertz CT molecular complexity index is 1100. The highest BCUT2D eigenvalue weighted by Gasteiger charge is 2.58. The number of methoxy groups -OCH3 is 1. The molecular formula is C26H30FNO7. The number of carbonyl (C=O) groups is 3. The molecule has 4 atom stereocenters. The van der Waals surface area contributed by atoms with E-state index >= 15 is 0 Å². The van der Waals surface area contributed by atoms with Crippen LogP contribution < -0.4 is 0 Å².